The molecule has 20 heavy (non-hydrogen) atoms. The number of hydrogen-bond acceptors (Lipinski definition) is 2. The first kappa shape index (κ1) is 13.3. The molecule has 0 heterocycles. The Bertz CT molecular complexity index is 558. The quantitative estimate of drug-likeness (QED) is 0.926. The number of halogens is 2. The fraction of sp³-hybridized carbons (Fsp3) is 0.533. The Balaban J connectivity index is 2.02. The van der Waals surface area contributed by atoms with Crippen LogP contribution in [0.1, 0.15) is 30.7 Å². The average Bonchev–Trinajstić information content (AvgIpc) is 3.18. The van der Waals surface area contributed by atoms with Gasteiger partial charge in [-0.25, -0.2) is 4.39 Å². The Hall–Kier alpha value is -1.65. The minimum Gasteiger partial charge on any atom is -0.493 e. The minimum absolute atomic E-state index is 0.152. The van der Waals surface area contributed by atoms with E-state index in [-0.39, 0.29) is 11.7 Å². The van der Waals surface area contributed by atoms with E-state index in [0.717, 1.165) is 12.5 Å². The number of methoxy groups -OCH3 is 1. The van der Waals surface area contributed by atoms with Crippen molar-refractivity contribution in [1.82, 2.24) is 0 Å². The summed E-state index contributed by atoms with van der Waals surface area (Å²) in [6, 6.07) is 2.51. The number of benzene rings is 1. The summed E-state index contributed by atoms with van der Waals surface area (Å²) in [6.07, 6.45) is 2.38. The molecule has 4 atom stereocenters. The van der Waals surface area contributed by atoms with Crippen LogP contribution in [0.15, 0.2) is 12.1 Å². The summed E-state index contributed by atoms with van der Waals surface area (Å²) in [5, 5.41) is 9.39. The van der Waals surface area contributed by atoms with E-state index in [9.17, 15) is 18.7 Å². The van der Waals surface area contributed by atoms with E-state index in [4.69, 9.17) is 4.74 Å². The van der Waals surface area contributed by atoms with Crippen molar-refractivity contribution in [2.75, 3.05) is 7.11 Å². The van der Waals surface area contributed by atoms with Crippen molar-refractivity contribution in [2.45, 2.75) is 25.2 Å². The summed E-state index contributed by atoms with van der Waals surface area (Å²) < 4.78 is 32.1. The first-order valence-corrected chi connectivity index (χ1v) is 6.77. The number of ether oxygens (including phenoxy) is 1. The van der Waals surface area contributed by atoms with Crippen LogP contribution in [0, 0.1) is 29.4 Å². The minimum atomic E-state index is -1.04. The molecule has 108 valence electrons. The second-order valence-corrected chi connectivity index (χ2v) is 5.76. The summed E-state index contributed by atoms with van der Waals surface area (Å²) in [5.41, 5.74) is 0.476. The highest BCUT2D eigenvalue weighted by molar-refractivity contribution is 5.72. The highest BCUT2D eigenvalue weighted by Crippen LogP contribution is 2.57. The molecule has 1 N–H and O–H groups in total. The van der Waals surface area contributed by atoms with Crippen molar-refractivity contribution in [1.29, 1.82) is 0 Å². The Labute approximate surface area is 115 Å². The summed E-state index contributed by atoms with van der Waals surface area (Å²) in [7, 11) is 1.28. The lowest BCUT2D eigenvalue weighted by molar-refractivity contribution is -0.143. The molecule has 2 aliphatic rings. The van der Waals surface area contributed by atoms with E-state index in [0.29, 0.717) is 30.2 Å². The van der Waals surface area contributed by atoms with Gasteiger partial charge in [-0.2, -0.15) is 4.39 Å². The number of aliphatic carboxylic acids is 1. The van der Waals surface area contributed by atoms with E-state index in [2.05, 4.69) is 0 Å². The van der Waals surface area contributed by atoms with Crippen LogP contribution in [0.5, 0.6) is 5.75 Å². The Kier molecular flexibility index (Phi) is 3.15. The molecule has 0 radical (unpaired) electrons. The van der Waals surface area contributed by atoms with Crippen molar-refractivity contribution >= 4 is 5.97 Å². The molecule has 3 rings (SSSR count). The molecule has 1 aromatic carbocycles. The van der Waals surface area contributed by atoms with Crippen LogP contribution in [0.3, 0.4) is 0 Å². The molecule has 0 aromatic heterocycles. The van der Waals surface area contributed by atoms with E-state index < -0.39 is 23.5 Å². The topological polar surface area (TPSA) is 46.5 Å². The maximum absolute atomic E-state index is 13.8. The predicted molar refractivity (Wildman–Crippen MR) is 67.6 cm³/mol. The van der Waals surface area contributed by atoms with Gasteiger partial charge in [0.15, 0.2) is 11.6 Å². The molecule has 2 saturated carbocycles. The standard InChI is InChI=1S/C15H16F2O3/c1-20-14-9(2-3-12(16)13(14)17)10-5-7-4-8(7)6-11(10)15(18)19/h2-3,7-8,10-11H,4-6H2,1H3,(H,18,19). The van der Waals surface area contributed by atoms with E-state index in [1.54, 1.807) is 0 Å². The van der Waals surface area contributed by atoms with Crippen molar-refractivity contribution in [2.24, 2.45) is 17.8 Å². The normalized spacial score (nSPS) is 31.6. The van der Waals surface area contributed by atoms with Gasteiger partial charge in [-0.05, 0) is 37.2 Å². The second-order valence-electron chi connectivity index (χ2n) is 5.76. The zero-order valence-electron chi connectivity index (χ0n) is 11.1. The Morgan fingerprint density at radius 1 is 1.25 bits per heavy atom. The van der Waals surface area contributed by atoms with Gasteiger partial charge in [0.2, 0.25) is 5.82 Å². The van der Waals surface area contributed by atoms with Crippen LogP contribution < -0.4 is 4.74 Å². The first-order valence-electron chi connectivity index (χ1n) is 6.77. The Morgan fingerprint density at radius 2 is 1.95 bits per heavy atom. The van der Waals surface area contributed by atoms with Gasteiger partial charge in [0, 0.05) is 11.5 Å². The molecule has 0 saturated heterocycles. The molecule has 5 heteroatoms. The molecule has 0 amide bonds. The van der Waals surface area contributed by atoms with E-state index in [1.807, 2.05) is 0 Å². The molecule has 0 spiro atoms. The maximum Gasteiger partial charge on any atom is 0.307 e. The van der Waals surface area contributed by atoms with Gasteiger partial charge in [0.25, 0.3) is 0 Å². The molecule has 3 nitrogen and oxygen atoms in total. The largest absolute Gasteiger partial charge is 0.493 e. The predicted octanol–water partition coefficient (Wildman–Crippen LogP) is 3.19. The van der Waals surface area contributed by atoms with Gasteiger partial charge in [-0.1, -0.05) is 6.07 Å². The summed E-state index contributed by atoms with van der Waals surface area (Å²) in [5.74, 6) is -2.87. The molecule has 0 bridgehead atoms. The first-order chi connectivity index (χ1) is 9.52. The van der Waals surface area contributed by atoms with Crippen molar-refractivity contribution in [3.8, 4) is 5.75 Å². The monoisotopic (exact) mass is 282 g/mol. The molecule has 2 aliphatic carbocycles. The van der Waals surface area contributed by atoms with Crippen molar-refractivity contribution in [3.05, 3.63) is 29.3 Å². The summed E-state index contributed by atoms with van der Waals surface area (Å²) >= 11 is 0. The molecular weight excluding hydrogens is 266 g/mol. The van der Waals surface area contributed by atoms with Crippen LogP contribution >= 0.6 is 0 Å². The lowest BCUT2D eigenvalue weighted by Gasteiger charge is -2.29. The zero-order valence-corrected chi connectivity index (χ0v) is 11.1. The lowest BCUT2D eigenvalue weighted by atomic mass is 9.75. The second kappa shape index (κ2) is 4.72. The third kappa shape index (κ3) is 2.05. The third-order valence-corrected chi connectivity index (χ3v) is 4.67. The SMILES string of the molecule is COc1c(C2CC3CC3CC2C(=O)O)ccc(F)c1F. The van der Waals surface area contributed by atoms with Gasteiger partial charge >= 0.3 is 5.97 Å². The fourth-order valence-electron chi connectivity index (χ4n) is 3.53. The van der Waals surface area contributed by atoms with Gasteiger partial charge in [0.05, 0.1) is 13.0 Å². The van der Waals surface area contributed by atoms with Gasteiger partial charge in [0.1, 0.15) is 0 Å². The smallest absolute Gasteiger partial charge is 0.307 e. The number of carboxylic acids is 1. The summed E-state index contributed by atoms with van der Waals surface area (Å²) in [4.78, 5) is 11.4. The number of rotatable bonds is 3. The van der Waals surface area contributed by atoms with Crippen LogP contribution in [-0.4, -0.2) is 18.2 Å². The lowest BCUT2D eigenvalue weighted by Crippen LogP contribution is -2.27. The van der Waals surface area contributed by atoms with Gasteiger partial charge in [-0.3, -0.25) is 4.79 Å². The maximum atomic E-state index is 13.8. The number of fused-ring (bicyclic) bond motifs is 1. The Morgan fingerprint density at radius 3 is 2.60 bits per heavy atom. The van der Waals surface area contributed by atoms with Gasteiger partial charge < -0.3 is 9.84 Å². The molecule has 2 fully saturated rings. The number of hydrogen-bond donors (Lipinski definition) is 1. The van der Waals surface area contributed by atoms with Crippen LogP contribution in [0.4, 0.5) is 8.78 Å². The van der Waals surface area contributed by atoms with Crippen LogP contribution in [-0.2, 0) is 4.79 Å². The highest BCUT2D eigenvalue weighted by atomic mass is 19.2. The number of carbonyl (C=O) groups is 1. The molecule has 0 aliphatic heterocycles. The third-order valence-electron chi connectivity index (χ3n) is 4.67. The van der Waals surface area contributed by atoms with Crippen molar-refractivity contribution < 1.29 is 23.4 Å². The molecule has 4 unspecified atom stereocenters. The highest BCUT2D eigenvalue weighted by Gasteiger charge is 2.49. The van der Waals surface area contributed by atoms with E-state index in [1.165, 1.54) is 13.2 Å². The summed E-state index contributed by atoms with van der Waals surface area (Å²) in [6.45, 7) is 0. The average molecular weight is 282 g/mol. The molecular formula is C15H16F2O3. The molecule has 1 aromatic rings. The fourth-order valence-corrected chi connectivity index (χ4v) is 3.53. The van der Waals surface area contributed by atoms with Gasteiger partial charge in [-0.15, -0.1) is 0 Å². The van der Waals surface area contributed by atoms with E-state index >= 15 is 0 Å². The number of carboxylic acid groups (broad SMARTS) is 1. The zero-order chi connectivity index (χ0) is 14.4. The van der Waals surface area contributed by atoms with Crippen LogP contribution in [0.2, 0.25) is 0 Å². The van der Waals surface area contributed by atoms with Crippen molar-refractivity contribution in [3.63, 3.8) is 0 Å². The van der Waals surface area contributed by atoms with Crippen LogP contribution in [0.25, 0.3) is 0 Å².